The molecule has 45 heavy (non-hydrogen) atoms. The molecule has 5 rings (SSSR count). The minimum Gasteiger partial charge on any atom is -0.492 e. The zero-order valence-corrected chi connectivity index (χ0v) is 27.7. The molecule has 0 saturated heterocycles. The van der Waals surface area contributed by atoms with E-state index in [0.29, 0.717) is 41.3 Å². The molecule has 0 bridgehead atoms. The fourth-order valence-corrected chi connectivity index (χ4v) is 5.75. The van der Waals surface area contributed by atoms with E-state index in [0.717, 1.165) is 79.4 Å². The van der Waals surface area contributed by atoms with Gasteiger partial charge in [-0.05, 0) is 56.3 Å². The first-order valence-electron chi connectivity index (χ1n) is 15.7. The van der Waals surface area contributed by atoms with Crippen LogP contribution in [0.15, 0.2) is 73.3 Å². The molecule has 3 aromatic carbocycles. The number of hydrogen-bond donors (Lipinski definition) is 0. The summed E-state index contributed by atoms with van der Waals surface area (Å²) in [6, 6.07) is 17.1. The quantitative estimate of drug-likeness (QED) is 0.0937. The Morgan fingerprint density at radius 2 is 1.64 bits per heavy atom. The van der Waals surface area contributed by atoms with E-state index in [-0.39, 0.29) is 0 Å². The second kappa shape index (κ2) is 16.0. The predicted molar refractivity (Wildman–Crippen MR) is 182 cm³/mol. The lowest BCUT2D eigenvalue weighted by Gasteiger charge is -2.18. The van der Waals surface area contributed by atoms with Crippen LogP contribution < -0.4 is 14.2 Å². The first-order chi connectivity index (χ1) is 22.0. The molecule has 0 N–H and O–H groups in total. The first-order valence-corrected chi connectivity index (χ1v) is 16.4. The Kier molecular flexibility index (Phi) is 11.6. The van der Waals surface area contributed by atoms with Crippen molar-refractivity contribution in [3.8, 4) is 34.4 Å². The normalized spacial score (nSPS) is 11.4. The number of aromatic nitrogens is 4. The summed E-state index contributed by atoms with van der Waals surface area (Å²) in [5.41, 5.74) is 2.73. The molecule has 0 unspecified atom stereocenters. The highest BCUT2D eigenvalue weighted by Gasteiger charge is 2.19. The SMILES string of the molecule is CCCCn1c(-c2cccc(Oc3cc(Cl)cc(Cl)c3)c2)nc2c(OCCCN(CC)CC)cc(OCCn3ccnc3)cc21. The molecule has 0 aliphatic heterocycles. The van der Waals surface area contributed by atoms with E-state index in [4.69, 9.17) is 42.4 Å². The van der Waals surface area contributed by atoms with Crippen LogP contribution in [0.1, 0.15) is 40.0 Å². The lowest BCUT2D eigenvalue weighted by atomic mass is 10.2. The van der Waals surface area contributed by atoms with Crippen LogP contribution in [0.2, 0.25) is 10.0 Å². The van der Waals surface area contributed by atoms with E-state index in [1.54, 1.807) is 30.7 Å². The van der Waals surface area contributed by atoms with Crippen LogP contribution in [0.3, 0.4) is 0 Å². The molecule has 0 amide bonds. The third-order valence-electron chi connectivity index (χ3n) is 7.64. The van der Waals surface area contributed by atoms with E-state index in [1.807, 2.05) is 35.0 Å². The molecule has 5 aromatic rings. The molecule has 0 aliphatic rings. The first kappa shape index (κ1) is 32.7. The van der Waals surface area contributed by atoms with Gasteiger partial charge in [0.2, 0.25) is 0 Å². The van der Waals surface area contributed by atoms with Gasteiger partial charge in [-0.25, -0.2) is 9.97 Å². The Morgan fingerprint density at radius 3 is 2.38 bits per heavy atom. The van der Waals surface area contributed by atoms with Gasteiger partial charge in [-0.2, -0.15) is 0 Å². The number of benzene rings is 3. The summed E-state index contributed by atoms with van der Waals surface area (Å²) < 4.78 is 23.1. The highest BCUT2D eigenvalue weighted by molar-refractivity contribution is 6.34. The van der Waals surface area contributed by atoms with Crippen LogP contribution in [-0.4, -0.2) is 56.9 Å². The van der Waals surface area contributed by atoms with E-state index in [1.165, 1.54) is 0 Å². The van der Waals surface area contributed by atoms with Gasteiger partial charge in [0.1, 0.15) is 35.2 Å². The Balaban J connectivity index is 1.49. The van der Waals surface area contributed by atoms with Crippen molar-refractivity contribution < 1.29 is 14.2 Å². The second-order valence-electron chi connectivity index (χ2n) is 10.8. The molecule has 0 saturated carbocycles. The molecule has 0 atom stereocenters. The lowest BCUT2D eigenvalue weighted by Crippen LogP contribution is -2.25. The van der Waals surface area contributed by atoms with Gasteiger partial charge < -0.3 is 28.2 Å². The summed E-state index contributed by atoms with van der Waals surface area (Å²) in [7, 11) is 0. The Bertz CT molecular complexity index is 1650. The van der Waals surface area contributed by atoms with E-state index < -0.39 is 0 Å². The summed E-state index contributed by atoms with van der Waals surface area (Å²) in [4.78, 5) is 11.7. The maximum atomic E-state index is 6.44. The van der Waals surface area contributed by atoms with Crippen molar-refractivity contribution in [1.29, 1.82) is 0 Å². The average molecular weight is 651 g/mol. The van der Waals surface area contributed by atoms with Gasteiger partial charge in [0.25, 0.3) is 0 Å². The van der Waals surface area contributed by atoms with Crippen LogP contribution in [0.5, 0.6) is 23.0 Å². The van der Waals surface area contributed by atoms with Crippen molar-refractivity contribution in [2.45, 2.75) is 53.1 Å². The van der Waals surface area contributed by atoms with Crippen LogP contribution in [0.25, 0.3) is 22.4 Å². The number of hydrogen-bond acceptors (Lipinski definition) is 6. The average Bonchev–Trinajstić information content (AvgIpc) is 3.68. The maximum Gasteiger partial charge on any atom is 0.150 e. The Labute approximate surface area is 275 Å². The maximum absolute atomic E-state index is 6.44. The molecule has 2 aromatic heterocycles. The minimum atomic E-state index is 0.506. The third kappa shape index (κ3) is 8.72. The van der Waals surface area contributed by atoms with Crippen LogP contribution >= 0.6 is 23.2 Å². The number of unbranched alkanes of at least 4 members (excludes halogenated alkanes) is 1. The van der Waals surface area contributed by atoms with Gasteiger partial charge >= 0.3 is 0 Å². The fourth-order valence-electron chi connectivity index (χ4n) is 5.24. The Hall–Kier alpha value is -3.72. The molecule has 238 valence electrons. The van der Waals surface area contributed by atoms with Crippen LogP contribution in [0.4, 0.5) is 0 Å². The van der Waals surface area contributed by atoms with Crippen molar-refractivity contribution >= 4 is 34.2 Å². The topological polar surface area (TPSA) is 66.6 Å². The molecule has 8 nitrogen and oxygen atoms in total. The van der Waals surface area contributed by atoms with Gasteiger partial charge in [0.05, 0.1) is 25.0 Å². The predicted octanol–water partition coefficient (Wildman–Crippen LogP) is 8.99. The van der Waals surface area contributed by atoms with Gasteiger partial charge in [-0.1, -0.05) is 62.5 Å². The molecule has 10 heteroatoms. The van der Waals surface area contributed by atoms with E-state index in [9.17, 15) is 0 Å². The molecule has 2 heterocycles. The van der Waals surface area contributed by atoms with Gasteiger partial charge in [0, 0.05) is 53.2 Å². The van der Waals surface area contributed by atoms with Gasteiger partial charge in [0.15, 0.2) is 5.75 Å². The smallest absolute Gasteiger partial charge is 0.150 e. The van der Waals surface area contributed by atoms with Gasteiger partial charge in [-0.15, -0.1) is 0 Å². The zero-order chi connectivity index (χ0) is 31.6. The number of aryl methyl sites for hydroxylation is 1. The van der Waals surface area contributed by atoms with Crippen molar-refractivity contribution in [1.82, 2.24) is 24.0 Å². The van der Waals surface area contributed by atoms with Crippen molar-refractivity contribution in [3.63, 3.8) is 0 Å². The molecular formula is C35H41Cl2N5O3. The summed E-state index contributed by atoms with van der Waals surface area (Å²) in [5.74, 6) is 3.55. The minimum absolute atomic E-state index is 0.506. The van der Waals surface area contributed by atoms with Crippen LogP contribution in [0, 0.1) is 0 Å². The van der Waals surface area contributed by atoms with Crippen molar-refractivity contribution in [2.75, 3.05) is 32.8 Å². The molecule has 0 fully saturated rings. The molecular weight excluding hydrogens is 609 g/mol. The van der Waals surface area contributed by atoms with Crippen molar-refractivity contribution in [3.05, 3.63) is 83.4 Å². The van der Waals surface area contributed by atoms with Gasteiger partial charge in [-0.3, -0.25) is 0 Å². The number of fused-ring (bicyclic) bond motifs is 1. The monoisotopic (exact) mass is 649 g/mol. The van der Waals surface area contributed by atoms with E-state index >= 15 is 0 Å². The molecule has 0 radical (unpaired) electrons. The number of rotatable bonds is 17. The number of halogens is 2. The largest absolute Gasteiger partial charge is 0.492 e. The zero-order valence-electron chi connectivity index (χ0n) is 26.2. The van der Waals surface area contributed by atoms with E-state index in [2.05, 4.69) is 47.4 Å². The second-order valence-corrected chi connectivity index (χ2v) is 11.7. The highest BCUT2D eigenvalue weighted by atomic mass is 35.5. The summed E-state index contributed by atoms with van der Waals surface area (Å²) in [5, 5.41) is 1.03. The summed E-state index contributed by atoms with van der Waals surface area (Å²) >= 11 is 12.4. The lowest BCUT2D eigenvalue weighted by molar-refractivity contribution is 0.249. The highest BCUT2D eigenvalue weighted by Crippen LogP contribution is 2.37. The Morgan fingerprint density at radius 1 is 0.822 bits per heavy atom. The number of nitrogens with zero attached hydrogens (tertiary/aromatic N) is 5. The standard InChI is InChI=1S/C35H41Cl2N5O3/c1-4-7-14-42-32-23-30(43-18-16-41-15-12-38-25-41)24-33(44-17-9-13-40(5-2)6-3)34(32)39-35(42)26-10-8-11-29(19-26)45-31-21-27(36)20-28(37)22-31/h8,10-12,15,19-25H,4-7,9,13-14,16-18H2,1-3H3. The number of ether oxygens (including phenoxy) is 3. The summed E-state index contributed by atoms with van der Waals surface area (Å²) in [6.45, 7) is 12.2. The van der Waals surface area contributed by atoms with Crippen molar-refractivity contribution in [2.24, 2.45) is 0 Å². The summed E-state index contributed by atoms with van der Waals surface area (Å²) in [6.07, 6.45) is 8.47. The third-order valence-corrected chi connectivity index (χ3v) is 8.08. The molecule has 0 aliphatic carbocycles. The number of imidazole rings is 2. The molecule has 0 spiro atoms. The fraction of sp³-hybridized carbons (Fsp3) is 0.371. The van der Waals surface area contributed by atoms with Crippen LogP contribution in [-0.2, 0) is 13.1 Å².